The van der Waals surface area contributed by atoms with E-state index in [0.29, 0.717) is 12.6 Å². The summed E-state index contributed by atoms with van der Waals surface area (Å²) in [5.41, 5.74) is 6.85. The van der Waals surface area contributed by atoms with E-state index in [4.69, 9.17) is 17.3 Å². The molecule has 0 aromatic heterocycles. The fourth-order valence-electron chi connectivity index (χ4n) is 1.57. The number of halogens is 1. The molecule has 0 saturated heterocycles. The maximum Gasteiger partial charge on any atom is 0.0406 e. The minimum Gasteiger partial charge on any atom is -0.330 e. The molecular formula is C11H17ClN2. The Kier molecular flexibility index (Phi) is 4.39. The van der Waals surface area contributed by atoms with Crippen molar-refractivity contribution < 1.29 is 0 Å². The largest absolute Gasteiger partial charge is 0.330 e. The van der Waals surface area contributed by atoms with Crippen LogP contribution in [0.4, 0.5) is 0 Å². The van der Waals surface area contributed by atoms with Gasteiger partial charge in [-0.05, 0) is 44.8 Å². The summed E-state index contributed by atoms with van der Waals surface area (Å²) in [6.07, 6.45) is 0.967. The Labute approximate surface area is 90.7 Å². The van der Waals surface area contributed by atoms with Gasteiger partial charge in [-0.1, -0.05) is 23.7 Å². The van der Waals surface area contributed by atoms with E-state index in [-0.39, 0.29) is 0 Å². The van der Waals surface area contributed by atoms with Crippen LogP contribution in [-0.4, -0.2) is 25.5 Å². The Balaban J connectivity index is 2.82. The molecule has 0 spiro atoms. The average Bonchev–Trinajstić information content (AvgIpc) is 2.15. The first-order chi connectivity index (χ1) is 6.65. The Morgan fingerprint density at radius 1 is 1.29 bits per heavy atom. The second-order valence-corrected chi connectivity index (χ2v) is 4.04. The molecular weight excluding hydrogens is 196 g/mol. The van der Waals surface area contributed by atoms with E-state index in [0.717, 1.165) is 11.4 Å². The van der Waals surface area contributed by atoms with Crippen LogP contribution >= 0.6 is 11.6 Å². The highest BCUT2D eigenvalue weighted by Gasteiger charge is 2.12. The molecule has 0 fully saturated rings. The van der Waals surface area contributed by atoms with Crippen LogP contribution in [0.1, 0.15) is 18.0 Å². The van der Waals surface area contributed by atoms with E-state index in [9.17, 15) is 0 Å². The lowest BCUT2D eigenvalue weighted by Gasteiger charge is -2.24. The highest BCUT2D eigenvalue weighted by molar-refractivity contribution is 6.30. The first kappa shape index (κ1) is 11.5. The van der Waals surface area contributed by atoms with Gasteiger partial charge in [-0.25, -0.2) is 0 Å². The molecule has 14 heavy (non-hydrogen) atoms. The van der Waals surface area contributed by atoms with E-state index in [1.807, 2.05) is 12.1 Å². The third-order valence-electron chi connectivity index (χ3n) is 2.32. The molecule has 3 heteroatoms. The van der Waals surface area contributed by atoms with Gasteiger partial charge in [0, 0.05) is 11.1 Å². The zero-order valence-corrected chi connectivity index (χ0v) is 9.46. The molecule has 0 aliphatic carbocycles. The minimum atomic E-state index is 0.386. The van der Waals surface area contributed by atoms with Crippen LogP contribution in [0, 0.1) is 0 Å². The second-order valence-electron chi connectivity index (χ2n) is 3.61. The highest BCUT2D eigenvalue weighted by Crippen LogP contribution is 2.22. The topological polar surface area (TPSA) is 29.3 Å². The predicted octanol–water partition coefficient (Wildman–Crippen LogP) is 2.29. The van der Waals surface area contributed by atoms with Gasteiger partial charge in [0.2, 0.25) is 0 Å². The van der Waals surface area contributed by atoms with Crippen LogP contribution in [0.2, 0.25) is 5.02 Å². The normalized spacial score (nSPS) is 13.2. The minimum absolute atomic E-state index is 0.386. The number of rotatable bonds is 4. The van der Waals surface area contributed by atoms with E-state index in [1.54, 1.807) is 0 Å². The van der Waals surface area contributed by atoms with E-state index < -0.39 is 0 Å². The fourth-order valence-corrected chi connectivity index (χ4v) is 1.69. The monoisotopic (exact) mass is 212 g/mol. The molecule has 78 valence electrons. The van der Waals surface area contributed by atoms with Gasteiger partial charge in [-0.15, -0.1) is 0 Å². The van der Waals surface area contributed by atoms with Gasteiger partial charge in [0.25, 0.3) is 0 Å². The van der Waals surface area contributed by atoms with Crippen LogP contribution in [0.25, 0.3) is 0 Å². The summed E-state index contributed by atoms with van der Waals surface area (Å²) in [7, 11) is 4.13. The number of hydrogen-bond acceptors (Lipinski definition) is 2. The first-order valence-corrected chi connectivity index (χ1v) is 5.15. The lowest BCUT2D eigenvalue weighted by molar-refractivity contribution is 0.287. The maximum absolute atomic E-state index is 5.83. The summed E-state index contributed by atoms with van der Waals surface area (Å²) in [6, 6.07) is 8.34. The number of nitrogens with two attached hydrogens (primary N) is 1. The molecule has 0 heterocycles. The smallest absolute Gasteiger partial charge is 0.0406 e. The third kappa shape index (κ3) is 2.98. The van der Waals surface area contributed by atoms with Crippen LogP contribution in [0.5, 0.6) is 0 Å². The van der Waals surface area contributed by atoms with Gasteiger partial charge in [0.15, 0.2) is 0 Å². The van der Waals surface area contributed by atoms with Gasteiger partial charge in [0.05, 0.1) is 0 Å². The van der Waals surface area contributed by atoms with Crippen molar-refractivity contribution in [3.8, 4) is 0 Å². The first-order valence-electron chi connectivity index (χ1n) is 4.77. The average molecular weight is 213 g/mol. The molecule has 0 aliphatic heterocycles. The fraction of sp³-hybridized carbons (Fsp3) is 0.455. The van der Waals surface area contributed by atoms with Gasteiger partial charge >= 0.3 is 0 Å². The quantitative estimate of drug-likeness (QED) is 0.830. The van der Waals surface area contributed by atoms with E-state index in [2.05, 4.69) is 31.1 Å². The Morgan fingerprint density at radius 3 is 2.29 bits per heavy atom. The molecule has 1 aromatic rings. The van der Waals surface area contributed by atoms with E-state index >= 15 is 0 Å². The lowest BCUT2D eigenvalue weighted by Crippen LogP contribution is -2.22. The molecule has 1 rings (SSSR count). The molecule has 0 bridgehead atoms. The molecule has 2 N–H and O–H groups in total. The van der Waals surface area contributed by atoms with Crippen LogP contribution in [0.15, 0.2) is 24.3 Å². The Hall–Kier alpha value is -0.570. The highest BCUT2D eigenvalue weighted by atomic mass is 35.5. The molecule has 1 aromatic carbocycles. The van der Waals surface area contributed by atoms with E-state index in [1.165, 1.54) is 5.56 Å². The van der Waals surface area contributed by atoms with Crippen LogP contribution in [-0.2, 0) is 0 Å². The van der Waals surface area contributed by atoms with Gasteiger partial charge in [0.1, 0.15) is 0 Å². The number of nitrogens with zero attached hydrogens (tertiary/aromatic N) is 1. The van der Waals surface area contributed by atoms with Crippen LogP contribution < -0.4 is 5.73 Å². The van der Waals surface area contributed by atoms with Crippen molar-refractivity contribution >= 4 is 11.6 Å². The number of benzene rings is 1. The lowest BCUT2D eigenvalue weighted by atomic mass is 10.0. The summed E-state index contributed by atoms with van der Waals surface area (Å²) in [4.78, 5) is 2.18. The van der Waals surface area contributed by atoms with Gasteiger partial charge in [-0.2, -0.15) is 0 Å². The molecule has 0 unspecified atom stereocenters. The maximum atomic E-state index is 5.83. The summed E-state index contributed by atoms with van der Waals surface area (Å²) < 4.78 is 0. The van der Waals surface area contributed by atoms with Crippen molar-refractivity contribution in [2.24, 2.45) is 5.73 Å². The zero-order valence-electron chi connectivity index (χ0n) is 8.70. The standard InChI is InChI=1S/C11H17ClN2/c1-14(2)11(7-8-13)9-3-5-10(12)6-4-9/h3-6,11H,7-8,13H2,1-2H3/t11-/m1/s1. The molecule has 0 saturated carbocycles. The predicted molar refractivity (Wildman–Crippen MR) is 61.6 cm³/mol. The Morgan fingerprint density at radius 2 is 1.86 bits per heavy atom. The Bertz CT molecular complexity index is 269. The summed E-state index contributed by atoms with van der Waals surface area (Å²) in [5, 5.41) is 0.777. The summed E-state index contributed by atoms with van der Waals surface area (Å²) in [6.45, 7) is 0.700. The molecule has 0 aliphatic rings. The van der Waals surface area contributed by atoms with Crippen molar-refractivity contribution in [2.75, 3.05) is 20.6 Å². The van der Waals surface area contributed by atoms with Crippen LogP contribution in [0.3, 0.4) is 0 Å². The molecule has 0 amide bonds. The van der Waals surface area contributed by atoms with Gasteiger partial charge in [-0.3, -0.25) is 0 Å². The summed E-state index contributed by atoms with van der Waals surface area (Å²) >= 11 is 5.83. The van der Waals surface area contributed by atoms with Crippen molar-refractivity contribution in [1.29, 1.82) is 0 Å². The van der Waals surface area contributed by atoms with Crippen molar-refractivity contribution in [3.05, 3.63) is 34.9 Å². The van der Waals surface area contributed by atoms with Crippen molar-refractivity contribution in [3.63, 3.8) is 0 Å². The van der Waals surface area contributed by atoms with Crippen molar-refractivity contribution in [1.82, 2.24) is 4.90 Å². The van der Waals surface area contributed by atoms with Gasteiger partial charge < -0.3 is 10.6 Å². The summed E-state index contributed by atoms with van der Waals surface area (Å²) in [5.74, 6) is 0. The third-order valence-corrected chi connectivity index (χ3v) is 2.57. The molecule has 1 atom stereocenters. The zero-order chi connectivity index (χ0) is 10.6. The van der Waals surface area contributed by atoms with Crippen molar-refractivity contribution in [2.45, 2.75) is 12.5 Å². The number of hydrogen-bond donors (Lipinski definition) is 1. The second kappa shape index (κ2) is 5.35. The SMILES string of the molecule is CN(C)[C@H](CCN)c1ccc(Cl)cc1. The molecule has 2 nitrogen and oxygen atoms in total. The molecule has 0 radical (unpaired) electrons.